The minimum atomic E-state index is -3.79. The van der Waals surface area contributed by atoms with E-state index < -0.39 is 15.8 Å². The molecule has 9 heteroatoms. The molecule has 0 aliphatic carbocycles. The van der Waals surface area contributed by atoms with Gasteiger partial charge in [-0.15, -0.1) is 0 Å². The average Bonchev–Trinajstić information content (AvgIpc) is 3.34. The fraction of sp³-hybridized carbons (Fsp3) is 0.172. The molecule has 1 saturated heterocycles. The lowest BCUT2D eigenvalue weighted by molar-refractivity contribution is 0.384. The van der Waals surface area contributed by atoms with Crippen LogP contribution in [0.15, 0.2) is 96.3 Å². The van der Waals surface area contributed by atoms with E-state index in [-0.39, 0.29) is 18.0 Å². The number of benzene rings is 3. The van der Waals surface area contributed by atoms with Crippen LogP contribution in [0.25, 0.3) is 27.8 Å². The van der Waals surface area contributed by atoms with Crippen molar-refractivity contribution in [2.24, 2.45) is 0 Å². The van der Waals surface area contributed by atoms with Crippen LogP contribution in [0.4, 0.5) is 10.2 Å². The van der Waals surface area contributed by atoms with Gasteiger partial charge in [-0.1, -0.05) is 54.6 Å². The molecule has 0 N–H and O–H groups in total. The average molecular weight is 528 g/mol. The standard InChI is InChI=1S/C29H26FN5O2S/c1-21-8-5-6-13-26(21)35-19-25(22-9-3-2-4-10-22)27-28(31-20-32-29(27)35)33-14-16-34(17-15-33)38(36,37)24-12-7-11-23(30)18-24/h2-13,18-20H,14-17H2,1H3. The molecule has 0 radical (unpaired) electrons. The van der Waals surface area contributed by atoms with Crippen molar-refractivity contribution in [1.82, 2.24) is 18.8 Å². The van der Waals surface area contributed by atoms with Crippen LogP contribution in [0.5, 0.6) is 0 Å². The molecule has 0 atom stereocenters. The number of nitrogens with zero attached hydrogens (tertiary/aromatic N) is 5. The Kier molecular flexibility index (Phi) is 6.17. The molecule has 0 bridgehead atoms. The number of rotatable bonds is 5. The van der Waals surface area contributed by atoms with Crippen LogP contribution in [-0.4, -0.2) is 53.4 Å². The summed E-state index contributed by atoms with van der Waals surface area (Å²) in [6.45, 7) is 3.51. The van der Waals surface area contributed by atoms with Crippen molar-refractivity contribution >= 4 is 26.9 Å². The molecular weight excluding hydrogens is 501 g/mol. The Morgan fingerprint density at radius 2 is 1.58 bits per heavy atom. The maximum absolute atomic E-state index is 13.7. The largest absolute Gasteiger partial charge is 0.353 e. The quantitative estimate of drug-likeness (QED) is 0.320. The Morgan fingerprint density at radius 1 is 0.842 bits per heavy atom. The second-order valence-corrected chi connectivity index (χ2v) is 11.2. The van der Waals surface area contributed by atoms with Gasteiger partial charge in [-0.05, 0) is 42.3 Å². The van der Waals surface area contributed by atoms with Crippen LogP contribution >= 0.6 is 0 Å². The number of halogens is 1. The Morgan fingerprint density at radius 3 is 2.32 bits per heavy atom. The summed E-state index contributed by atoms with van der Waals surface area (Å²) in [5.74, 6) is 0.198. The van der Waals surface area contributed by atoms with E-state index in [9.17, 15) is 12.8 Å². The van der Waals surface area contributed by atoms with E-state index in [1.54, 1.807) is 6.33 Å². The van der Waals surface area contributed by atoms with Crippen LogP contribution in [-0.2, 0) is 10.0 Å². The molecule has 1 fully saturated rings. The number of hydrogen-bond donors (Lipinski definition) is 0. The highest BCUT2D eigenvalue weighted by molar-refractivity contribution is 7.89. The van der Waals surface area contributed by atoms with E-state index in [1.165, 1.54) is 22.5 Å². The molecule has 2 aromatic heterocycles. The van der Waals surface area contributed by atoms with Crippen LogP contribution < -0.4 is 4.90 Å². The molecule has 7 nitrogen and oxygen atoms in total. The highest BCUT2D eigenvalue weighted by Crippen LogP contribution is 2.37. The molecule has 0 saturated carbocycles. The van der Waals surface area contributed by atoms with Crippen molar-refractivity contribution in [3.05, 3.63) is 103 Å². The summed E-state index contributed by atoms with van der Waals surface area (Å²) in [6, 6.07) is 23.5. The van der Waals surface area contributed by atoms with Gasteiger partial charge in [-0.3, -0.25) is 0 Å². The molecule has 6 rings (SSSR count). The third-order valence-corrected chi connectivity index (χ3v) is 8.89. The van der Waals surface area contributed by atoms with Gasteiger partial charge in [-0.25, -0.2) is 22.8 Å². The van der Waals surface area contributed by atoms with Gasteiger partial charge < -0.3 is 9.47 Å². The van der Waals surface area contributed by atoms with E-state index in [0.29, 0.717) is 13.1 Å². The van der Waals surface area contributed by atoms with Gasteiger partial charge in [0, 0.05) is 43.6 Å². The molecule has 3 aromatic carbocycles. The molecule has 0 amide bonds. The molecule has 0 spiro atoms. The summed E-state index contributed by atoms with van der Waals surface area (Å²) in [5, 5.41) is 0.920. The zero-order valence-electron chi connectivity index (χ0n) is 20.8. The van der Waals surface area contributed by atoms with Gasteiger partial charge in [0.25, 0.3) is 0 Å². The summed E-state index contributed by atoms with van der Waals surface area (Å²) < 4.78 is 43.5. The summed E-state index contributed by atoms with van der Waals surface area (Å²) in [7, 11) is -3.79. The van der Waals surface area contributed by atoms with E-state index >= 15 is 0 Å². The SMILES string of the molecule is Cc1ccccc1-n1cc(-c2ccccc2)c2c(N3CCN(S(=O)(=O)c4cccc(F)c4)CC3)ncnc21. The Labute approximate surface area is 220 Å². The maximum Gasteiger partial charge on any atom is 0.243 e. The van der Waals surface area contributed by atoms with E-state index in [4.69, 9.17) is 0 Å². The maximum atomic E-state index is 13.7. The monoisotopic (exact) mass is 527 g/mol. The molecule has 0 unspecified atom stereocenters. The zero-order chi connectivity index (χ0) is 26.3. The first-order chi connectivity index (χ1) is 18.4. The lowest BCUT2D eigenvalue weighted by Crippen LogP contribution is -2.49. The number of anilines is 1. The number of sulfonamides is 1. The van der Waals surface area contributed by atoms with Crippen molar-refractivity contribution in [1.29, 1.82) is 0 Å². The molecule has 192 valence electrons. The second kappa shape index (κ2) is 9.66. The lowest BCUT2D eigenvalue weighted by Gasteiger charge is -2.35. The third kappa shape index (κ3) is 4.23. The molecule has 38 heavy (non-hydrogen) atoms. The van der Waals surface area contributed by atoms with Crippen LogP contribution in [0.3, 0.4) is 0 Å². The number of para-hydroxylation sites is 1. The van der Waals surface area contributed by atoms with Crippen molar-refractivity contribution in [2.75, 3.05) is 31.1 Å². The molecule has 5 aromatic rings. The highest BCUT2D eigenvalue weighted by Gasteiger charge is 2.30. The van der Waals surface area contributed by atoms with Gasteiger partial charge in [0.05, 0.1) is 10.3 Å². The van der Waals surface area contributed by atoms with E-state index in [0.717, 1.165) is 45.3 Å². The van der Waals surface area contributed by atoms with Crippen molar-refractivity contribution in [3.63, 3.8) is 0 Å². The summed E-state index contributed by atoms with van der Waals surface area (Å²) in [5.41, 5.74) is 5.01. The second-order valence-electron chi connectivity index (χ2n) is 9.31. The number of hydrogen-bond acceptors (Lipinski definition) is 5. The molecule has 1 aliphatic rings. The first kappa shape index (κ1) is 24.3. The van der Waals surface area contributed by atoms with Gasteiger partial charge >= 0.3 is 0 Å². The van der Waals surface area contributed by atoms with E-state index in [2.05, 4.69) is 56.8 Å². The van der Waals surface area contributed by atoms with Gasteiger partial charge in [0.15, 0.2) is 5.65 Å². The first-order valence-electron chi connectivity index (χ1n) is 12.4. The first-order valence-corrected chi connectivity index (χ1v) is 13.9. The lowest BCUT2D eigenvalue weighted by atomic mass is 10.1. The fourth-order valence-corrected chi connectivity index (χ4v) is 6.51. The van der Waals surface area contributed by atoms with Crippen molar-refractivity contribution < 1.29 is 12.8 Å². The Balaban J connectivity index is 1.40. The zero-order valence-corrected chi connectivity index (χ0v) is 21.6. The van der Waals surface area contributed by atoms with Gasteiger partial charge in [0.2, 0.25) is 10.0 Å². The number of aryl methyl sites for hydroxylation is 1. The summed E-state index contributed by atoms with van der Waals surface area (Å²) in [4.78, 5) is 11.4. The van der Waals surface area contributed by atoms with Crippen molar-refractivity contribution in [2.45, 2.75) is 11.8 Å². The molecular formula is C29H26FN5O2S. The third-order valence-electron chi connectivity index (χ3n) is 6.99. The topological polar surface area (TPSA) is 71.3 Å². The number of piperazine rings is 1. The molecule has 1 aliphatic heterocycles. The van der Waals surface area contributed by atoms with Crippen LogP contribution in [0.2, 0.25) is 0 Å². The number of aromatic nitrogens is 3. The predicted molar refractivity (Wildman–Crippen MR) is 146 cm³/mol. The Hall–Kier alpha value is -4.08. The van der Waals surface area contributed by atoms with Crippen molar-refractivity contribution in [3.8, 4) is 16.8 Å². The minimum Gasteiger partial charge on any atom is -0.353 e. The smallest absolute Gasteiger partial charge is 0.243 e. The summed E-state index contributed by atoms with van der Waals surface area (Å²) in [6.07, 6.45) is 3.67. The Bertz CT molecular complexity index is 1730. The normalized spacial score (nSPS) is 14.7. The predicted octanol–water partition coefficient (Wildman–Crippen LogP) is 5.05. The molecule has 3 heterocycles. The summed E-state index contributed by atoms with van der Waals surface area (Å²) >= 11 is 0. The van der Waals surface area contributed by atoms with Crippen LogP contribution in [0.1, 0.15) is 5.56 Å². The van der Waals surface area contributed by atoms with Gasteiger partial charge in [-0.2, -0.15) is 4.31 Å². The van der Waals surface area contributed by atoms with Gasteiger partial charge in [0.1, 0.15) is 18.0 Å². The fourth-order valence-electron chi connectivity index (χ4n) is 5.06. The van der Waals surface area contributed by atoms with Crippen LogP contribution in [0, 0.1) is 12.7 Å². The van der Waals surface area contributed by atoms with E-state index in [1.807, 2.05) is 30.3 Å². The minimum absolute atomic E-state index is 0.0305. The number of fused-ring (bicyclic) bond motifs is 1. The highest BCUT2D eigenvalue weighted by atomic mass is 32.2.